The Labute approximate surface area is 105 Å². The smallest absolute Gasteiger partial charge is 0.0684 e. The number of ether oxygens (including phenoxy) is 1. The van der Waals surface area contributed by atoms with Crippen molar-refractivity contribution in [1.82, 2.24) is 5.32 Å². The monoisotopic (exact) mass is 241 g/mol. The SMILES string of the molecule is CCC(CCO)NC1C2CCCOC2C1(C)C. The van der Waals surface area contributed by atoms with Crippen molar-refractivity contribution in [2.45, 2.75) is 64.6 Å². The Balaban J connectivity index is 1.95. The third kappa shape index (κ3) is 2.38. The maximum Gasteiger partial charge on any atom is 0.0684 e. The molecule has 0 aromatic rings. The molecular weight excluding hydrogens is 214 g/mol. The molecule has 100 valence electrons. The van der Waals surface area contributed by atoms with E-state index in [1.165, 1.54) is 12.8 Å². The quantitative estimate of drug-likeness (QED) is 0.773. The third-order valence-corrected chi connectivity index (χ3v) is 4.72. The molecule has 2 rings (SSSR count). The van der Waals surface area contributed by atoms with Crippen LogP contribution < -0.4 is 5.32 Å². The van der Waals surface area contributed by atoms with Crippen LogP contribution in [-0.2, 0) is 4.74 Å². The second-order valence-corrected chi connectivity index (χ2v) is 6.18. The average molecular weight is 241 g/mol. The Bertz CT molecular complexity index is 255. The summed E-state index contributed by atoms with van der Waals surface area (Å²) >= 11 is 0. The lowest BCUT2D eigenvalue weighted by atomic mass is 9.55. The Morgan fingerprint density at radius 2 is 2.24 bits per heavy atom. The molecule has 4 unspecified atom stereocenters. The van der Waals surface area contributed by atoms with Crippen LogP contribution in [0.25, 0.3) is 0 Å². The molecule has 2 fully saturated rings. The van der Waals surface area contributed by atoms with Crippen LogP contribution in [0.15, 0.2) is 0 Å². The van der Waals surface area contributed by atoms with Crippen molar-refractivity contribution in [2.24, 2.45) is 11.3 Å². The van der Waals surface area contributed by atoms with Gasteiger partial charge in [-0.25, -0.2) is 0 Å². The largest absolute Gasteiger partial charge is 0.396 e. The predicted molar refractivity (Wildman–Crippen MR) is 69.0 cm³/mol. The fourth-order valence-electron chi connectivity index (χ4n) is 3.68. The average Bonchev–Trinajstić information content (AvgIpc) is 2.34. The Morgan fingerprint density at radius 3 is 2.88 bits per heavy atom. The highest BCUT2D eigenvalue weighted by molar-refractivity contribution is 5.10. The van der Waals surface area contributed by atoms with Crippen molar-refractivity contribution in [3.63, 3.8) is 0 Å². The lowest BCUT2D eigenvalue weighted by molar-refractivity contribution is -0.194. The molecular formula is C14H27NO2. The summed E-state index contributed by atoms with van der Waals surface area (Å²) in [7, 11) is 0. The minimum Gasteiger partial charge on any atom is -0.396 e. The fraction of sp³-hybridized carbons (Fsp3) is 1.00. The molecule has 0 amide bonds. The number of hydrogen-bond donors (Lipinski definition) is 2. The number of rotatable bonds is 5. The van der Waals surface area contributed by atoms with E-state index in [1.807, 2.05) is 0 Å². The Morgan fingerprint density at radius 1 is 1.47 bits per heavy atom. The van der Waals surface area contributed by atoms with E-state index >= 15 is 0 Å². The van der Waals surface area contributed by atoms with Crippen LogP contribution in [0.1, 0.15) is 46.5 Å². The first-order chi connectivity index (χ1) is 8.11. The van der Waals surface area contributed by atoms with Crippen LogP contribution >= 0.6 is 0 Å². The molecule has 1 aliphatic heterocycles. The number of hydrogen-bond acceptors (Lipinski definition) is 3. The molecule has 0 radical (unpaired) electrons. The minimum atomic E-state index is 0.244. The van der Waals surface area contributed by atoms with Crippen molar-refractivity contribution < 1.29 is 9.84 Å². The van der Waals surface area contributed by atoms with Crippen molar-refractivity contribution in [3.05, 3.63) is 0 Å². The lowest BCUT2D eigenvalue weighted by Gasteiger charge is -2.61. The molecule has 1 saturated carbocycles. The molecule has 3 nitrogen and oxygen atoms in total. The molecule has 1 aliphatic carbocycles. The second kappa shape index (κ2) is 5.25. The van der Waals surface area contributed by atoms with Crippen molar-refractivity contribution in [3.8, 4) is 0 Å². The van der Waals surface area contributed by atoms with Crippen LogP contribution in [0.5, 0.6) is 0 Å². The first kappa shape index (κ1) is 13.3. The zero-order valence-corrected chi connectivity index (χ0v) is 11.4. The van der Waals surface area contributed by atoms with Gasteiger partial charge in [0.1, 0.15) is 0 Å². The van der Waals surface area contributed by atoms with Gasteiger partial charge < -0.3 is 15.2 Å². The molecule has 0 bridgehead atoms. The molecule has 2 N–H and O–H groups in total. The zero-order chi connectivity index (χ0) is 12.5. The number of fused-ring (bicyclic) bond motifs is 1. The van der Waals surface area contributed by atoms with Gasteiger partial charge in [-0.3, -0.25) is 0 Å². The topological polar surface area (TPSA) is 41.5 Å². The Kier molecular flexibility index (Phi) is 4.11. The van der Waals surface area contributed by atoms with Gasteiger partial charge in [-0.05, 0) is 25.7 Å². The van der Waals surface area contributed by atoms with Crippen LogP contribution in [0.3, 0.4) is 0 Å². The van der Waals surface area contributed by atoms with E-state index in [1.54, 1.807) is 0 Å². The number of aliphatic hydroxyl groups excluding tert-OH is 1. The van der Waals surface area contributed by atoms with Crippen LogP contribution in [0.2, 0.25) is 0 Å². The molecule has 0 aromatic heterocycles. The molecule has 4 atom stereocenters. The normalized spacial score (nSPS) is 37.1. The van der Waals surface area contributed by atoms with Gasteiger partial charge in [0.05, 0.1) is 6.10 Å². The van der Waals surface area contributed by atoms with Gasteiger partial charge in [0, 0.05) is 36.6 Å². The van der Waals surface area contributed by atoms with Crippen LogP contribution in [0, 0.1) is 11.3 Å². The molecule has 0 aromatic carbocycles. The van der Waals surface area contributed by atoms with E-state index in [9.17, 15) is 0 Å². The minimum absolute atomic E-state index is 0.244. The first-order valence-electron chi connectivity index (χ1n) is 7.09. The van der Waals surface area contributed by atoms with Gasteiger partial charge in [-0.15, -0.1) is 0 Å². The maximum absolute atomic E-state index is 9.07. The highest BCUT2D eigenvalue weighted by Crippen LogP contribution is 2.51. The lowest BCUT2D eigenvalue weighted by Crippen LogP contribution is -2.70. The fourth-order valence-corrected chi connectivity index (χ4v) is 3.68. The summed E-state index contributed by atoms with van der Waals surface area (Å²) < 4.78 is 5.91. The van der Waals surface area contributed by atoms with Gasteiger partial charge >= 0.3 is 0 Å². The van der Waals surface area contributed by atoms with E-state index in [2.05, 4.69) is 26.1 Å². The summed E-state index contributed by atoms with van der Waals surface area (Å²) in [6.45, 7) is 8.02. The van der Waals surface area contributed by atoms with Gasteiger partial charge in [0.25, 0.3) is 0 Å². The van der Waals surface area contributed by atoms with Crippen LogP contribution in [0.4, 0.5) is 0 Å². The molecule has 2 aliphatic rings. The van der Waals surface area contributed by atoms with E-state index in [4.69, 9.17) is 9.84 Å². The summed E-state index contributed by atoms with van der Waals surface area (Å²) in [6, 6.07) is 1.01. The van der Waals surface area contributed by atoms with Gasteiger partial charge in [-0.2, -0.15) is 0 Å². The summed E-state index contributed by atoms with van der Waals surface area (Å²) in [4.78, 5) is 0. The van der Waals surface area contributed by atoms with Crippen LogP contribution in [-0.4, -0.2) is 36.5 Å². The molecule has 1 saturated heterocycles. The highest BCUT2D eigenvalue weighted by atomic mass is 16.5. The number of aliphatic hydroxyl groups is 1. The summed E-state index contributed by atoms with van der Waals surface area (Å²) in [5.41, 5.74) is 0.244. The Hall–Kier alpha value is -0.120. The van der Waals surface area contributed by atoms with E-state index in [-0.39, 0.29) is 12.0 Å². The van der Waals surface area contributed by atoms with Gasteiger partial charge in [0.15, 0.2) is 0 Å². The standard InChI is InChI=1S/C14H27NO2/c1-4-10(7-8-16)15-12-11-6-5-9-17-13(11)14(12,2)3/h10-13,15-16H,4-9H2,1-3H3. The molecule has 0 spiro atoms. The zero-order valence-electron chi connectivity index (χ0n) is 11.4. The predicted octanol–water partition coefficient (Wildman–Crippen LogP) is 1.94. The van der Waals surface area contributed by atoms with E-state index < -0.39 is 0 Å². The third-order valence-electron chi connectivity index (χ3n) is 4.72. The number of nitrogens with one attached hydrogen (secondary N) is 1. The van der Waals surface area contributed by atoms with Crippen molar-refractivity contribution in [1.29, 1.82) is 0 Å². The second-order valence-electron chi connectivity index (χ2n) is 6.18. The van der Waals surface area contributed by atoms with E-state index in [0.29, 0.717) is 24.1 Å². The highest BCUT2D eigenvalue weighted by Gasteiger charge is 2.57. The molecule has 17 heavy (non-hydrogen) atoms. The molecule has 3 heteroatoms. The first-order valence-corrected chi connectivity index (χ1v) is 7.09. The van der Waals surface area contributed by atoms with Crippen molar-refractivity contribution in [2.75, 3.05) is 13.2 Å². The molecule has 1 heterocycles. The maximum atomic E-state index is 9.07. The van der Waals surface area contributed by atoms with Gasteiger partial charge in [-0.1, -0.05) is 20.8 Å². The summed E-state index contributed by atoms with van der Waals surface area (Å²) in [5, 5.41) is 12.8. The summed E-state index contributed by atoms with van der Waals surface area (Å²) in [6.07, 6.45) is 4.89. The van der Waals surface area contributed by atoms with Gasteiger partial charge in [0.2, 0.25) is 0 Å². The van der Waals surface area contributed by atoms with Crippen molar-refractivity contribution >= 4 is 0 Å². The van der Waals surface area contributed by atoms with E-state index in [0.717, 1.165) is 19.4 Å². The summed E-state index contributed by atoms with van der Waals surface area (Å²) in [5.74, 6) is 0.687.